The minimum atomic E-state index is -0.0284. The van der Waals surface area contributed by atoms with Crippen molar-refractivity contribution >= 4 is 32.6 Å². The molecule has 5 nitrogen and oxygen atoms in total. The molecule has 1 atom stereocenters. The Hall–Kier alpha value is -2.73. The maximum absolute atomic E-state index is 5.78. The number of thiazole rings is 1. The van der Waals surface area contributed by atoms with Crippen LogP contribution in [0.25, 0.3) is 31.8 Å². The lowest BCUT2D eigenvalue weighted by atomic mass is 10.1. The Morgan fingerprint density at radius 1 is 1.23 bits per heavy atom. The molecule has 0 fully saturated rings. The van der Waals surface area contributed by atoms with Crippen LogP contribution in [-0.4, -0.2) is 28.2 Å². The van der Waals surface area contributed by atoms with E-state index in [1.807, 2.05) is 18.2 Å². The molecule has 0 bridgehead atoms. The molecule has 2 aromatic carbocycles. The molecule has 0 spiro atoms. The fourth-order valence-corrected chi connectivity index (χ4v) is 4.53. The lowest BCUT2D eigenvalue weighted by molar-refractivity contribution is 0.281. The van der Waals surface area contributed by atoms with Gasteiger partial charge in [-0.3, -0.25) is 0 Å². The Morgan fingerprint density at radius 2 is 2.12 bits per heavy atom. The van der Waals surface area contributed by atoms with E-state index in [-0.39, 0.29) is 6.10 Å². The third-order valence-corrected chi connectivity index (χ3v) is 5.72. The smallest absolute Gasteiger partial charge is 0.232 e. The van der Waals surface area contributed by atoms with Gasteiger partial charge < -0.3 is 9.47 Å². The van der Waals surface area contributed by atoms with Crippen LogP contribution in [0.15, 0.2) is 30.5 Å². The minimum absolute atomic E-state index is 0.0284. The second-order valence-electron chi connectivity index (χ2n) is 6.45. The second kappa shape index (κ2) is 5.64. The average molecular weight is 362 g/mol. The van der Waals surface area contributed by atoms with Gasteiger partial charge in [0.1, 0.15) is 16.9 Å². The number of benzene rings is 2. The van der Waals surface area contributed by atoms with E-state index in [4.69, 9.17) is 14.5 Å². The average Bonchev–Trinajstić information content (AvgIpc) is 3.22. The number of methoxy groups -OCH3 is 1. The number of hydrogen-bond acceptors (Lipinski definition) is 6. The molecule has 3 heterocycles. The number of hydrogen-bond donors (Lipinski definition) is 0. The first-order chi connectivity index (χ1) is 12.6. The summed E-state index contributed by atoms with van der Waals surface area (Å²) < 4.78 is 12.2. The molecule has 1 aliphatic heterocycles. The van der Waals surface area contributed by atoms with E-state index in [1.165, 1.54) is 10.3 Å². The molecule has 0 saturated carbocycles. The van der Waals surface area contributed by atoms with Gasteiger partial charge >= 0.3 is 0 Å². The standard InChI is InChI=1S/C20H16N3O2S/c1-10-6-13(18-15(7-10)22-17(24-3)9-21-18)20-23-14-4-5-16-12(19(14)26-20)8-11(2)25-16/h4-7,9,11H,2,8H2,1,3H3/t11-/m0/s1. The van der Waals surface area contributed by atoms with E-state index >= 15 is 0 Å². The lowest BCUT2D eigenvalue weighted by Crippen LogP contribution is -2.05. The maximum atomic E-state index is 5.78. The van der Waals surface area contributed by atoms with Gasteiger partial charge in [0.05, 0.1) is 34.6 Å². The number of ether oxygens (including phenoxy) is 2. The first-order valence-electron chi connectivity index (χ1n) is 8.36. The van der Waals surface area contributed by atoms with Crippen molar-refractivity contribution in [1.82, 2.24) is 15.0 Å². The van der Waals surface area contributed by atoms with Crippen molar-refractivity contribution in [2.24, 2.45) is 0 Å². The molecule has 129 valence electrons. The largest absolute Gasteiger partial charge is 0.490 e. The van der Waals surface area contributed by atoms with Crippen molar-refractivity contribution in [3.63, 3.8) is 0 Å². The molecule has 0 unspecified atom stereocenters. The Kier molecular flexibility index (Phi) is 3.37. The second-order valence-corrected chi connectivity index (χ2v) is 7.45. The van der Waals surface area contributed by atoms with Gasteiger partial charge in [0.2, 0.25) is 5.88 Å². The lowest BCUT2D eigenvalue weighted by Gasteiger charge is -2.06. The molecule has 1 radical (unpaired) electrons. The summed E-state index contributed by atoms with van der Waals surface area (Å²) in [5.74, 6) is 1.43. The van der Waals surface area contributed by atoms with Gasteiger partial charge in [-0.25, -0.2) is 15.0 Å². The van der Waals surface area contributed by atoms with Crippen LogP contribution in [0, 0.1) is 13.8 Å². The first-order valence-corrected chi connectivity index (χ1v) is 9.18. The highest BCUT2D eigenvalue weighted by Gasteiger charge is 2.24. The van der Waals surface area contributed by atoms with Crippen molar-refractivity contribution in [2.75, 3.05) is 7.11 Å². The van der Waals surface area contributed by atoms with Gasteiger partial charge in [-0.15, -0.1) is 11.3 Å². The first kappa shape index (κ1) is 15.5. The Balaban J connectivity index is 1.74. The molecule has 1 aliphatic rings. The van der Waals surface area contributed by atoms with Crippen LogP contribution in [0.5, 0.6) is 11.6 Å². The van der Waals surface area contributed by atoms with Gasteiger partial charge in [-0.1, -0.05) is 0 Å². The van der Waals surface area contributed by atoms with Crippen molar-refractivity contribution in [2.45, 2.75) is 19.4 Å². The normalized spacial score (nSPS) is 16.0. The molecule has 2 aromatic heterocycles. The zero-order chi connectivity index (χ0) is 17.8. The van der Waals surface area contributed by atoms with Crippen LogP contribution in [0.1, 0.15) is 11.1 Å². The third-order valence-electron chi connectivity index (χ3n) is 4.55. The highest BCUT2D eigenvalue weighted by Crippen LogP contribution is 2.41. The molecular weight excluding hydrogens is 346 g/mol. The minimum Gasteiger partial charge on any atom is -0.490 e. The Bertz CT molecular complexity index is 1170. The number of rotatable bonds is 2. The van der Waals surface area contributed by atoms with Crippen LogP contribution >= 0.6 is 11.3 Å². The predicted octanol–water partition coefficient (Wildman–Crippen LogP) is 4.36. The van der Waals surface area contributed by atoms with Gasteiger partial charge in [-0.2, -0.15) is 0 Å². The van der Waals surface area contributed by atoms with E-state index in [0.717, 1.165) is 44.9 Å². The summed E-state index contributed by atoms with van der Waals surface area (Å²) in [5.41, 5.74) is 5.94. The van der Waals surface area contributed by atoms with Gasteiger partial charge in [0.25, 0.3) is 0 Å². The fourth-order valence-electron chi connectivity index (χ4n) is 3.41. The summed E-state index contributed by atoms with van der Waals surface area (Å²) in [6, 6.07) is 8.13. The van der Waals surface area contributed by atoms with Crippen LogP contribution in [0.4, 0.5) is 0 Å². The van der Waals surface area contributed by atoms with Crippen LogP contribution in [0.2, 0.25) is 0 Å². The molecule has 0 amide bonds. The van der Waals surface area contributed by atoms with E-state index in [1.54, 1.807) is 24.6 Å². The SMILES string of the molecule is [CH2][C@H]1Cc2c(ccc3nc(-c4cc(C)cc5nc(OC)cnc45)sc23)O1. The number of nitrogens with zero attached hydrogens (tertiary/aromatic N) is 3. The van der Waals surface area contributed by atoms with Gasteiger partial charge in [0, 0.05) is 17.5 Å². The monoisotopic (exact) mass is 362 g/mol. The highest BCUT2D eigenvalue weighted by molar-refractivity contribution is 7.22. The number of fused-ring (bicyclic) bond motifs is 4. The summed E-state index contributed by atoms with van der Waals surface area (Å²) in [5, 5.41) is 0.939. The summed E-state index contributed by atoms with van der Waals surface area (Å²) in [7, 11) is 1.60. The van der Waals surface area contributed by atoms with Crippen LogP contribution in [-0.2, 0) is 6.42 Å². The van der Waals surface area contributed by atoms with E-state index in [0.29, 0.717) is 5.88 Å². The molecule has 0 saturated heterocycles. The third kappa shape index (κ3) is 2.33. The molecule has 5 rings (SSSR count). The zero-order valence-corrected chi connectivity index (χ0v) is 15.3. The Morgan fingerprint density at radius 3 is 2.96 bits per heavy atom. The molecule has 26 heavy (non-hydrogen) atoms. The quantitative estimate of drug-likeness (QED) is 0.530. The maximum Gasteiger partial charge on any atom is 0.232 e. The van der Waals surface area contributed by atoms with Gasteiger partial charge in [0.15, 0.2) is 0 Å². The summed E-state index contributed by atoms with van der Waals surface area (Å²) >= 11 is 1.67. The topological polar surface area (TPSA) is 57.1 Å². The van der Waals surface area contributed by atoms with Crippen molar-refractivity contribution in [3.8, 4) is 22.2 Å². The summed E-state index contributed by atoms with van der Waals surface area (Å²) in [4.78, 5) is 14.0. The molecule has 6 heteroatoms. The fraction of sp³-hybridized carbons (Fsp3) is 0.200. The van der Waals surface area contributed by atoms with Crippen molar-refractivity contribution < 1.29 is 9.47 Å². The van der Waals surface area contributed by atoms with Crippen molar-refractivity contribution in [1.29, 1.82) is 0 Å². The zero-order valence-electron chi connectivity index (χ0n) is 14.4. The van der Waals surface area contributed by atoms with E-state index in [2.05, 4.69) is 29.9 Å². The molecular formula is C20H16N3O2S. The number of aromatic nitrogens is 3. The molecule has 0 N–H and O–H groups in total. The molecule has 0 aliphatic carbocycles. The van der Waals surface area contributed by atoms with E-state index in [9.17, 15) is 0 Å². The number of aryl methyl sites for hydroxylation is 1. The van der Waals surface area contributed by atoms with Gasteiger partial charge in [-0.05, 0) is 43.7 Å². The molecule has 4 aromatic rings. The summed E-state index contributed by atoms with van der Waals surface area (Å²) in [6.07, 6.45) is 2.44. The predicted molar refractivity (Wildman–Crippen MR) is 103 cm³/mol. The van der Waals surface area contributed by atoms with Crippen molar-refractivity contribution in [3.05, 3.63) is 48.5 Å². The van der Waals surface area contributed by atoms with Crippen LogP contribution in [0.3, 0.4) is 0 Å². The highest BCUT2D eigenvalue weighted by atomic mass is 32.1. The van der Waals surface area contributed by atoms with Crippen LogP contribution < -0.4 is 9.47 Å². The van der Waals surface area contributed by atoms with E-state index < -0.39 is 0 Å². The Labute approximate surface area is 154 Å². The summed E-state index contributed by atoms with van der Waals surface area (Å²) in [6.45, 7) is 6.08.